The molecule has 0 amide bonds. The lowest BCUT2D eigenvalue weighted by atomic mass is 9.95. The van der Waals surface area contributed by atoms with Crippen LogP contribution in [0.25, 0.3) is 5.57 Å². The van der Waals surface area contributed by atoms with Gasteiger partial charge < -0.3 is 4.74 Å². The molecule has 2 nitrogen and oxygen atoms in total. The summed E-state index contributed by atoms with van der Waals surface area (Å²) in [5.41, 5.74) is 6.75. The summed E-state index contributed by atoms with van der Waals surface area (Å²) in [5.74, 6) is 0.606. The summed E-state index contributed by atoms with van der Waals surface area (Å²) in [6.07, 6.45) is 8.16. The third-order valence-corrected chi connectivity index (χ3v) is 4.25. The van der Waals surface area contributed by atoms with Crippen LogP contribution in [-0.2, 0) is 9.53 Å². The van der Waals surface area contributed by atoms with Crippen molar-refractivity contribution in [2.45, 2.75) is 66.2 Å². The molecule has 2 rings (SSSR count). The Morgan fingerprint density at radius 1 is 1.16 bits per heavy atom. The summed E-state index contributed by atoms with van der Waals surface area (Å²) in [7, 11) is 0. The maximum absolute atomic E-state index is 12.1. The van der Waals surface area contributed by atoms with Crippen LogP contribution in [0.1, 0.15) is 71.8 Å². The molecule has 0 heterocycles. The highest BCUT2D eigenvalue weighted by molar-refractivity contribution is 5.76. The van der Waals surface area contributed by atoms with Crippen LogP contribution in [0, 0.1) is 5.41 Å². The predicted octanol–water partition coefficient (Wildman–Crippen LogP) is 6.44. The Morgan fingerprint density at radius 2 is 1.88 bits per heavy atom. The Kier molecular flexibility index (Phi) is 6.84. The predicted molar refractivity (Wildman–Crippen MR) is 104 cm³/mol. The molecule has 0 radical (unpaired) electrons. The van der Waals surface area contributed by atoms with Gasteiger partial charge in [-0.1, -0.05) is 43.7 Å². The van der Waals surface area contributed by atoms with Crippen molar-refractivity contribution in [2.75, 3.05) is 0 Å². The molecule has 0 spiro atoms. The summed E-state index contributed by atoms with van der Waals surface area (Å²) < 4.78 is 5.61. The zero-order valence-corrected chi connectivity index (χ0v) is 16.0. The smallest absolute Gasteiger partial charge is 0.316 e. The first-order chi connectivity index (χ1) is 11.9. The van der Waals surface area contributed by atoms with Crippen molar-refractivity contribution in [1.29, 1.82) is 0 Å². The van der Waals surface area contributed by atoms with E-state index in [-0.39, 0.29) is 5.97 Å². The van der Waals surface area contributed by atoms with Gasteiger partial charge in [0.2, 0.25) is 0 Å². The second kappa shape index (κ2) is 8.87. The fourth-order valence-electron chi connectivity index (χ4n) is 2.71. The number of ether oxygens (including phenoxy) is 1. The number of unbranched alkanes of at least 4 members (excludes halogenated alkanes) is 1. The molecular formula is C23H30O2. The van der Waals surface area contributed by atoms with Crippen LogP contribution in [0.15, 0.2) is 53.5 Å². The maximum atomic E-state index is 12.1. The van der Waals surface area contributed by atoms with Crippen LogP contribution in [-0.4, -0.2) is 5.97 Å². The van der Waals surface area contributed by atoms with Crippen molar-refractivity contribution >= 4 is 11.5 Å². The lowest BCUT2D eigenvalue weighted by molar-refractivity contribution is -0.148. The van der Waals surface area contributed by atoms with E-state index < -0.39 is 5.41 Å². The van der Waals surface area contributed by atoms with Gasteiger partial charge in [-0.15, -0.1) is 5.73 Å². The average Bonchev–Trinajstić information content (AvgIpc) is 2.59. The highest BCUT2D eigenvalue weighted by atomic mass is 16.5. The van der Waals surface area contributed by atoms with Crippen LogP contribution < -0.4 is 0 Å². The van der Waals surface area contributed by atoms with Crippen LogP contribution >= 0.6 is 0 Å². The quantitative estimate of drug-likeness (QED) is 0.456. The van der Waals surface area contributed by atoms with E-state index in [4.69, 9.17) is 4.74 Å². The normalized spacial score (nSPS) is 14.6. The molecule has 0 aromatic heterocycles. The molecule has 0 saturated heterocycles. The second-order valence-corrected chi connectivity index (χ2v) is 7.70. The van der Waals surface area contributed by atoms with Crippen LogP contribution in [0.5, 0.6) is 0 Å². The Bertz CT molecular complexity index is 681. The summed E-state index contributed by atoms with van der Waals surface area (Å²) in [6, 6.07) is 10.5. The first kappa shape index (κ1) is 19.3. The largest absolute Gasteiger partial charge is 0.431 e. The van der Waals surface area contributed by atoms with E-state index in [1.54, 1.807) is 0 Å². The van der Waals surface area contributed by atoms with E-state index in [0.29, 0.717) is 0 Å². The van der Waals surface area contributed by atoms with Gasteiger partial charge in [0, 0.05) is 12.0 Å². The van der Waals surface area contributed by atoms with Crippen molar-refractivity contribution < 1.29 is 9.53 Å². The lowest BCUT2D eigenvalue weighted by Gasteiger charge is -2.20. The molecule has 0 atom stereocenters. The first-order valence-corrected chi connectivity index (χ1v) is 9.37. The SMILES string of the molecule is CCCCC(=C=C1C=C(OC(=O)C(C)(C)C)CCC1)c1ccccc1. The summed E-state index contributed by atoms with van der Waals surface area (Å²) in [4.78, 5) is 12.1. The lowest BCUT2D eigenvalue weighted by Crippen LogP contribution is -2.23. The van der Waals surface area contributed by atoms with E-state index in [9.17, 15) is 4.79 Å². The zero-order valence-electron chi connectivity index (χ0n) is 16.0. The Balaban J connectivity index is 2.32. The fraction of sp³-hybridized carbons (Fsp3) is 0.478. The molecular weight excluding hydrogens is 308 g/mol. The van der Waals surface area contributed by atoms with Crippen molar-refractivity contribution in [3.63, 3.8) is 0 Å². The molecule has 0 aliphatic heterocycles. The third kappa shape index (κ3) is 6.07. The molecule has 0 bridgehead atoms. The molecule has 0 N–H and O–H groups in total. The van der Waals surface area contributed by atoms with Gasteiger partial charge in [0.25, 0.3) is 0 Å². The molecule has 1 aromatic carbocycles. The molecule has 2 heteroatoms. The molecule has 1 aliphatic carbocycles. The summed E-state index contributed by atoms with van der Waals surface area (Å²) in [6.45, 7) is 7.86. The van der Waals surface area contributed by atoms with Crippen LogP contribution in [0.2, 0.25) is 0 Å². The molecule has 134 valence electrons. The Morgan fingerprint density at radius 3 is 2.52 bits per heavy atom. The molecule has 1 aromatic rings. The third-order valence-electron chi connectivity index (χ3n) is 4.25. The summed E-state index contributed by atoms with van der Waals surface area (Å²) >= 11 is 0. The Hall–Kier alpha value is -2.05. The fourth-order valence-corrected chi connectivity index (χ4v) is 2.71. The van der Waals surface area contributed by atoms with E-state index in [1.165, 1.54) is 11.1 Å². The topological polar surface area (TPSA) is 26.3 Å². The van der Waals surface area contributed by atoms with Crippen molar-refractivity contribution in [3.05, 3.63) is 59.0 Å². The van der Waals surface area contributed by atoms with Gasteiger partial charge in [0.05, 0.1) is 5.41 Å². The van der Waals surface area contributed by atoms with Gasteiger partial charge in [-0.05, 0) is 63.7 Å². The monoisotopic (exact) mass is 338 g/mol. The standard InChI is InChI=1S/C23H30O2/c1-5-6-12-20(19-13-8-7-9-14-19)16-18-11-10-15-21(17-18)25-22(24)23(2,3)4/h7-9,13-14,17H,5-6,10-12,15H2,1-4H3. The zero-order chi connectivity index (χ0) is 18.3. The number of hydrogen-bond donors (Lipinski definition) is 0. The number of hydrogen-bond acceptors (Lipinski definition) is 2. The number of rotatable bonds is 5. The van der Waals surface area contributed by atoms with Gasteiger partial charge in [0.1, 0.15) is 5.76 Å². The number of allylic oxidation sites excluding steroid dienone is 3. The number of carbonyl (C=O) groups is 1. The van der Waals surface area contributed by atoms with E-state index in [0.717, 1.165) is 49.9 Å². The number of carbonyl (C=O) groups excluding carboxylic acids is 1. The van der Waals surface area contributed by atoms with Gasteiger partial charge >= 0.3 is 5.97 Å². The highest BCUT2D eigenvalue weighted by Gasteiger charge is 2.25. The van der Waals surface area contributed by atoms with Crippen LogP contribution in [0.4, 0.5) is 0 Å². The minimum Gasteiger partial charge on any atom is -0.431 e. The van der Waals surface area contributed by atoms with Crippen molar-refractivity contribution in [2.24, 2.45) is 5.41 Å². The first-order valence-electron chi connectivity index (χ1n) is 9.37. The average molecular weight is 338 g/mol. The van der Waals surface area contributed by atoms with E-state index in [1.807, 2.05) is 32.9 Å². The van der Waals surface area contributed by atoms with Crippen molar-refractivity contribution in [3.8, 4) is 0 Å². The minimum absolute atomic E-state index is 0.168. The number of esters is 1. The Labute approximate surface area is 152 Å². The highest BCUT2D eigenvalue weighted by Crippen LogP contribution is 2.28. The molecule has 1 aliphatic rings. The van der Waals surface area contributed by atoms with Gasteiger partial charge in [0.15, 0.2) is 0 Å². The molecule has 0 fully saturated rings. The molecule has 25 heavy (non-hydrogen) atoms. The van der Waals surface area contributed by atoms with E-state index >= 15 is 0 Å². The maximum Gasteiger partial charge on any atom is 0.316 e. The second-order valence-electron chi connectivity index (χ2n) is 7.70. The summed E-state index contributed by atoms with van der Waals surface area (Å²) in [5, 5.41) is 0. The van der Waals surface area contributed by atoms with Crippen LogP contribution in [0.3, 0.4) is 0 Å². The molecule has 0 unspecified atom stereocenters. The van der Waals surface area contributed by atoms with Gasteiger partial charge in [-0.3, -0.25) is 4.79 Å². The number of benzene rings is 1. The van der Waals surface area contributed by atoms with Gasteiger partial charge in [-0.25, -0.2) is 0 Å². The molecule has 0 saturated carbocycles. The van der Waals surface area contributed by atoms with Gasteiger partial charge in [-0.2, -0.15) is 0 Å². The van der Waals surface area contributed by atoms with E-state index in [2.05, 4.69) is 36.9 Å². The van der Waals surface area contributed by atoms with Crippen molar-refractivity contribution in [1.82, 2.24) is 0 Å². The minimum atomic E-state index is -0.478.